The van der Waals surface area contributed by atoms with Gasteiger partial charge in [-0.3, -0.25) is 4.79 Å². The fraction of sp³-hybridized carbons (Fsp3) is 0.609. The molecule has 2 aliphatic carbocycles. The molecule has 4 rings (SSSR count). The highest BCUT2D eigenvalue weighted by Crippen LogP contribution is 2.49. The molecule has 1 aromatic heterocycles. The highest BCUT2D eigenvalue weighted by Gasteiger charge is 2.42. The van der Waals surface area contributed by atoms with Crippen molar-refractivity contribution < 1.29 is 9.32 Å². The predicted molar refractivity (Wildman–Crippen MR) is 109 cm³/mol. The second kappa shape index (κ2) is 8.06. The Kier molecular flexibility index (Phi) is 5.51. The number of hydrogen-bond acceptors (Lipinski definition) is 4. The fourth-order valence-electron chi connectivity index (χ4n) is 5.05. The van der Waals surface area contributed by atoms with E-state index >= 15 is 0 Å². The first-order chi connectivity index (χ1) is 13.5. The topological polar surface area (TPSA) is 68.0 Å². The summed E-state index contributed by atoms with van der Waals surface area (Å²) in [6, 6.07) is 8.50. The molecule has 2 bridgehead atoms. The SMILES string of the molecule is CC(C)c1ccc(-c2noc(CCC(=O)N[C@H](C)[C@H]3C[C@H]4CC[C@H]3C4)n2)cc1. The van der Waals surface area contributed by atoms with Gasteiger partial charge >= 0.3 is 0 Å². The molecule has 5 heteroatoms. The number of fused-ring (bicyclic) bond motifs is 2. The van der Waals surface area contributed by atoms with Gasteiger partial charge in [0.2, 0.25) is 17.6 Å². The maximum atomic E-state index is 12.4. The van der Waals surface area contributed by atoms with Crippen LogP contribution < -0.4 is 5.32 Å². The lowest BCUT2D eigenvalue weighted by Crippen LogP contribution is -2.40. The molecule has 1 N–H and O–H groups in total. The zero-order valence-corrected chi connectivity index (χ0v) is 17.1. The molecule has 1 amide bonds. The molecule has 0 unspecified atom stereocenters. The minimum atomic E-state index is 0.0799. The number of aromatic nitrogens is 2. The van der Waals surface area contributed by atoms with Gasteiger partial charge in [0.15, 0.2) is 0 Å². The van der Waals surface area contributed by atoms with Gasteiger partial charge in [0.25, 0.3) is 0 Å². The van der Waals surface area contributed by atoms with E-state index in [1.807, 2.05) is 12.1 Å². The Labute approximate surface area is 167 Å². The van der Waals surface area contributed by atoms with Crippen LogP contribution in [-0.4, -0.2) is 22.1 Å². The number of amides is 1. The van der Waals surface area contributed by atoms with Crippen molar-refractivity contribution in [1.82, 2.24) is 15.5 Å². The number of aryl methyl sites for hydroxylation is 1. The van der Waals surface area contributed by atoms with Crippen molar-refractivity contribution in [3.8, 4) is 11.4 Å². The second-order valence-corrected chi connectivity index (χ2v) is 8.98. The van der Waals surface area contributed by atoms with Gasteiger partial charge in [-0.15, -0.1) is 0 Å². The van der Waals surface area contributed by atoms with Crippen molar-refractivity contribution in [2.45, 2.75) is 71.3 Å². The van der Waals surface area contributed by atoms with Crippen molar-refractivity contribution in [3.05, 3.63) is 35.7 Å². The Morgan fingerprint density at radius 1 is 1.18 bits per heavy atom. The maximum Gasteiger partial charge on any atom is 0.227 e. The monoisotopic (exact) mass is 381 g/mol. The summed E-state index contributed by atoms with van der Waals surface area (Å²) in [5, 5.41) is 7.27. The van der Waals surface area contributed by atoms with Crippen molar-refractivity contribution >= 4 is 5.91 Å². The largest absolute Gasteiger partial charge is 0.353 e. The number of nitrogens with zero attached hydrogens (tertiary/aromatic N) is 2. The van der Waals surface area contributed by atoms with Crippen LogP contribution in [0.4, 0.5) is 0 Å². The van der Waals surface area contributed by atoms with Crippen molar-refractivity contribution in [2.75, 3.05) is 0 Å². The van der Waals surface area contributed by atoms with Crippen LogP contribution in [0, 0.1) is 17.8 Å². The third kappa shape index (κ3) is 4.13. The van der Waals surface area contributed by atoms with Crippen LogP contribution in [0.15, 0.2) is 28.8 Å². The molecule has 1 aromatic carbocycles. The molecule has 0 radical (unpaired) electrons. The first-order valence-corrected chi connectivity index (χ1v) is 10.7. The van der Waals surface area contributed by atoms with Crippen LogP contribution >= 0.6 is 0 Å². The molecule has 4 atom stereocenters. The Hall–Kier alpha value is -2.17. The van der Waals surface area contributed by atoms with E-state index in [4.69, 9.17) is 4.52 Å². The lowest BCUT2D eigenvalue weighted by molar-refractivity contribution is -0.122. The lowest BCUT2D eigenvalue weighted by Gasteiger charge is -2.28. The minimum Gasteiger partial charge on any atom is -0.353 e. The maximum absolute atomic E-state index is 12.4. The Morgan fingerprint density at radius 2 is 1.96 bits per heavy atom. The predicted octanol–water partition coefficient (Wildman–Crippen LogP) is 4.73. The molecule has 150 valence electrons. The molecule has 2 saturated carbocycles. The van der Waals surface area contributed by atoms with E-state index in [2.05, 4.69) is 48.4 Å². The van der Waals surface area contributed by atoms with E-state index in [0.29, 0.717) is 36.4 Å². The molecule has 1 heterocycles. The second-order valence-electron chi connectivity index (χ2n) is 8.98. The standard InChI is InChI=1S/C23H31N3O2/c1-14(2)17-6-8-18(9-7-17)23-25-22(28-26-23)11-10-21(27)24-15(3)20-13-16-4-5-19(20)12-16/h6-9,14-16,19-20H,4-5,10-13H2,1-3H3,(H,24,27)/t15-,16+,19+,20-/m1/s1. The highest BCUT2D eigenvalue weighted by atomic mass is 16.5. The Morgan fingerprint density at radius 3 is 2.61 bits per heavy atom. The molecule has 0 spiro atoms. The Balaban J connectivity index is 1.27. The molecule has 0 saturated heterocycles. The quantitative estimate of drug-likeness (QED) is 0.752. The summed E-state index contributed by atoms with van der Waals surface area (Å²) in [6.07, 6.45) is 6.26. The van der Waals surface area contributed by atoms with Gasteiger partial charge in [-0.1, -0.05) is 49.7 Å². The molecule has 2 fully saturated rings. The average molecular weight is 382 g/mol. The summed E-state index contributed by atoms with van der Waals surface area (Å²) >= 11 is 0. The van der Waals surface area contributed by atoms with E-state index in [1.54, 1.807) is 0 Å². The van der Waals surface area contributed by atoms with E-state index < -0.39 is 0 Å². The zero-order valence-electron chi connectivity index (χ0n) is 17.1. The summed E-state index contributed by atoms with van der Waals surface area (Å²) in [5.41, 5.74) is 2.22. The number of benzene rings is 1. The van der Waals surface area contributed by atoms with Gasteiger partial charge in [-0.2, -0.15) is 4.98 Å². The van der Waals surface area contributed by atoms with Crippen molar-refractivity contribution in [2.24, 2.45) is 17.8 Å². The van der Waals surface area contributed by atoms with Gasteiger partial charge < -0.3 is 9.84 Å². The first-order valence-electron chi connectivity index (χ1n) is 10.7. The van der Waals surface area contributed by atoms with Gasteiger partial charge in [-0.25, -0.2) is 0 Å². The van der Waals surface area contributed by atoms with E-state index in [9.17, 15) is 4.79 Å². The van der Waals surface area contributed by atoms with Crippen molar-refractivity contribution in [1.29, 1.82) is 0 Å². The van der Waals surface area contributed by atoms with Crippen LogP contribution in [0.2, 0.25) is 0 Å². The van der Waals surface area contributed by atoms with Crippen LogP contribution in [0.1, 0.15) is 70.2 Å². The molecule has 5 nitrogen and oxygen atoms in total. The lowest BCUT2D eigenvalue weighted by atomic mass is 9.84. The molecule has 2 aliphatic rings. The van der Waals surface area contributed by atoms with Crippen LogP contribution in [0.5, 0.6) is 0 Å². The molecule has 0 aliphatic heterocycles. The highest BCUT2D eigenvalue weighted by molar-refractivity contribution is 5.76. The molecule has 2 aromatic rings. The van der Waals surface area contributed by atoms with E-state index in [1.165, 1.54) is 31.2 Å². The van der Waals surface area contributed by atoms with E-state index in [0.717, 1.165) is 17.4 Å². The van der Waals surface area contributed by atoms with E-state index in [-0.39, 0.29) is 11.9 Å². The van der Waals surface area contributed by atoms with Gasteiger partial charge in [0, 0.05) is 24.4 Å². The van der Waals surface area contributed by atoms with Crippen LogP contribution in [0.25, 0.3) is 11.4 Å². The molecular formula is C23H31N3O2. The van der Waals surface area contributed by atoms with Gasteiger partial charge in [0.05, 0.1) is 0 Å². The third-order valence-electron chi connectivity index (χ3n) is 6.69. The average Bonchev–Trinajstić information content (AvgIpc) is 3.43. The van der Waals surface area contributed by atoms with Crippen LogP contribution in [0.3, 0.4) is 0 Å². The number of carbonyl (C=O) groups is 1. The number of nitrogens with one attached hydrogen (secondary N) is 1. The number of hydrogen-bond donors (Lipinski definition) is 1. The summed E-state index contributed by atoms with van der Waals surface area (Å²) in [4.78, 5) is 16.8. The van der Waals surface area contributed by atoms with Gasteiger partial charge in [0.1, 0.15) is 0 Å². The minimum absolute atomic E-state index is 0.0799. The fourth-order valence-corrected chi connectivity index (χ4v) is 5.05. The third-order valence-corrected chi connectivity index (χ3v) is 6.69. The summed E-state index contributed by atoms with van der Waals surface area (Å²) in [5.74, 6) is 4.06. The summed E-state index contributed by atoms with van der Waals surface area (Å²) in [6.45, 7) is 6.50. The normalized spacial score (nSPS) is 24.6. The first kappa shape index (κ1) is 19.2. The number of carbonyl (C=O) groups excluding carboxylic acids is 1. The summed E-state index contributed by atoms with van der Waals surface area (Å²) in [7, 11) is 0. The molecular weight excluding hydrogens is 350 g/mol. The van der Waals surface area contributed by atoms with Crippen LogP contribution in [-0.2, 0) is 11.2 Å². The smallest absolute Gasteiger partial charge is 0.227 e. The van der Waals surface area contributed by atoms with Gasteiger partial charge in [-0.05, 0) is 55.4 Å². The van der Waals surface area contributed by atoms with Crippen molar-refractivity contribution in [3.63, 3.8) is 0 Å². The summed E-state index contributed by atoms with van der Waals surface area (Å²) < 4.78 is 5.35. The number of rotatable bonds is 7. The zero-order chi connectivity index (χ0) is 19.7. The molecule has 28 heavy (non-hydrogen) atoms. The Bertz CT molecular complexity index is 812.